The van der Waals surface area contributed by atoms with Gasteiger partial charge >= 0.3 is 0 Å². The van der Waals surface area contributed by atoms with Crippen molar-refractivity contribution in [2.75, 3.05) is 18.4 Å². The van der Waals surface area contributed by atoms with E-state index in [-0.39, 0.29) is 29.1 Å². The Morgan fingerprint density at radius 3 is 2.46 bits per heavy atom. The Kier molecular flexibility index (Phi) is 4.96. The number of amides is 2. The van der Waals surface area contributed by atoms with Crippen molar-refractivity contribution < 1.29 is 9.59 Å². The smallest absolute Gasteiger partial charge is 0.256 e. The molecule has 1 aromatic rings. The molecule has 1 heterocycles. The van der Waals surface area contributed by atoms with Gasteiger partial charge in [0, 0.05) is 13.1 Å². The molecule has 0 radical (unpaired) electrons. The largest absolute Gasteiger partial charge is 0.339 e. The van der Waals surface area contributed by atoms with E-state index in [1.165, 1.54) is 5.57 Å². The second-order valence-electron chi connectivity index (χ2n) is 8.55. The minimum absolute atomic E-state index is 0.0126. The first-order valence-corrected chi connectivity index (χ1v) is 9.58. The fourth-order valence-corrected chi connectivity index (χ4v) is 4.19. The Hall–Kier alpha value is -2.10. The molecular formula is C22H30N2O2. The summed E-state index contributed by atoms with van der Waals surface area (Å²) in [6.45, 7) is 11.9. The molecule has 4 nitrogen and oxygen atoms in total. The topological polar surface area (TPSA) is 49.4 Å². The van der Waals surface area contributed by atoms with E-state index in [4.69, 9.17) is 0 Å². The quantitative estimate of drug-likeness (QED) is 0.814. The number of anilines is 1. The lowest BCUT2D eigenvalue weighted by Crippen LogP contribution is -2.30. The zero-order valence-corrected chi connectivity index (χ0v) is 16.6. The van der Waals surface area contributed by atoms with Gasteiger partial charge in [-0.25, -0.2) is 0 Å². The number of nitrogens with zero attached hydrogens (tertiary/aromatic N) is 1. The van der Waals surface area contributed by atoms with Crippen molar-refractivity contribution >= 4 is 17.5 Å². The fourth-order valence-electron chi connectivity index (χ4n) is 4.19. The van der Waals surface area contributed by atoms with Crippen LogP contribution < -0.4 is 5.32 Å². The van der Waals surface area contributed by atoms with Crippen LogP contribution in [0, 0.1) is 24.2 Å². The predicted molar refractivity (Wildman–Crippen MR) is 105 cm³/mol. The Morgan fingerprint density at radius 1 is 1.19 bits per heavy atom. The average Bonchev–Trinajstić information content (AvgIpc) is 2.93. The zero-order valence-electron chi connectivity index (χ0n) is 16.6. The number of carbonyl (C=O) groups excluding carboxylic acids is 2. The van der Waals surface area contributed by atoms with E-state index in [1.54, 1.807) is 0 Å². The molecule has 0 bridgehead atoms. The number of hydrogen-bond acceptors (Lipinski definition) is 2. The standard InChI is InChI=1S/C22H30N2O2/c1-14(2)13-16-19(22(16,4)5)20(25)23-17-10-8-9-15(3)18(17)21(26)24-11-6-7-12-24/h8-10,13,16,19H,6-7,11-12H2,1-5H3,(H,23,25)/t16-,19+/m0/s1. The Labute approximate surface area is 156 Å². The van der Waals surface area contributed by atoms with Crippen molar-refractivity contribution in [1.82, 2.24) is 4.90 Å². The summed E-state index contributed by atoms with van der Waals surface area (Å²) in [6, 6.07) is 5.68. The van der Waals surface area contributed by atoms with Crippen molar-refractivity contribution in [3.05, 3.63) is 41.0 Å². The summed E-state index contributed by atoms with van der Waals surface area (Å²) >= 11 is 0. The van der Waals surface area contributed by atoms with Crippen LogP contribution >= 0.6 is 0 Å². The molecule has 26 heavy (non-hydrogen) atoms. The highest BCUT2D eigenvalue weighted by Gasteiger charge is 2.60. The van der Waals surface area contributed by atoms with Gasteiger partial charge in [-0.15, -0.1) is 0 Å². The monoisotopic (exact) mass is 354 g/mol. The second kappa shape index (κ2) is 6.90. The minimum Gasteiger partial charge on any atom is -0.339 e. The molecule has 2 amide bonds. The van der Waals surface area contributed by atoms with E-state index in [0.29, 0.717) is 11.3 Å². The number of hydrogen-bond donors (Lipinski definition) is 1. The van der Waals surface area contributed by atoms with Gasteiger partial charge in [-0.05, 0) is 56.6 Å². The highest BCUT2D eigenvalue weighted by atomic mass is 16.2. The van der Waals surface area contributed by atoms with E-state index < -0.39 is 0 Å². The molecule has 2 aliphatic rings. The molecule has 0 aromatic heterocycles. The summed E-state index contributed by atoms with van der Waals surface area (Å²) in [7, 11) is 0. The maximum absolute atomic E-state index is 13.0. The van der Waals surface area contributed by atoms with Gasteiger partial charge in [0.1, 0.15) is 0 Å². The number of aryl methyl sites for hydroxylation is 1. The molecular weight excluding hydrogens is 324 g/mol. The molecule has 1 aliphatic heterocycles. The van der Waals surface area contributed by atoms with Crippen LogP contribution in [-0.4, -0.2) is 29.8 Å². The Morgan fingerprint density at radius 2 is 1.85 bits per heavy atom. The summed E-state index contributed by atoms with van der Waals surface area (Å²) in [5.41, 5.74) is 3.39. The second-order valence-corrected chi connectivity index (χ2v) is 8.55. The van der Waals surface area contributed by atoms with Crippen LogP contribution in [0.5, 0.6) is 0 Å². The van der Waals surface area contributed by atoms with Crippen molar-refractivity contribution in [3.63, 3.8) is 0 Å². The van der Waals surface area contributed by atoms with Gasteiger partial charge in [0.2, 0.25) is 5.91 Å². The van der Waals surface area contributed by atoms with Crippen molar-refractivity contribution in [2.24, 2.45) is 17.3 Å². The SMILES string of the molecule is CC(C)=C[C@H]1[C@H](C(=O)Nc2cccc(C)c2C(=O)N2CCCC2)C1(C)C. The molecule has 1 aromatic carbocycles. The van der Waals surface area contributed by atoms with Crippen molar-refractivity contribution in [1.29, 1.82) is 0 Å². The van der Waals surface area contributed by atoms with Gasteiger partial charge in [0.25, 0.3) is 5.91 Å². The van der Waals surface area contributed by atoms with Crippen molar-refractivity contribution in [2.45, 2.75) is 47.5 Å². The van der Waals surface area contributed by atoms with Crippen molar-refractivity contribution in [3.8, 4) is 0 Å². The lowest BCUT2D eigenvalue weighted by atomic mass is 10.0. The van der Waals surface area contributed by atoms with E-state index in [0.717, 1.165) is 31.5 Å². The molecule has 2 fully saturated rings. The summed E-state index contributed by atoms with van der Waals surface area (Å²) in [5.74, 6) is 0.257. The molecule has 1 aliphatic carbocycles. The lowest BCUT2D eigenvalue weighted by molar-refractivity contribution is -0.118. The number of rotatable bonds is 4. The van der Waals surface area contributed by atoms with E-state index in [1.807, 2.05) is 30.0 Å². The molecule has 1 saturated heterocycles. The first kappa shape index (κ1) is 18.7. The highest BCUT2D eigenvalue weighted by Crippen LogP contribution is 2.59. The minimum atomic E-state index is -0.0485. The van der Waals surface area contributed by atoms with Crippen LogP contribution in [0.4, 0.5) is 5.69 Å². The summed E-state index contributed by atoms with van der Waals surface area (Å²) in [6.07, 6.45) is 4.30. The summed E-state index contributed by atoms with van der Waals surface area (Å²) < 4.78 is 0. The molecule has 1 N–H and O–H groups in total. The predicted octanol–water partition coefficient (Wildman–Crippen LogP) is 4.41. The number of carbonyl (C=O) groups is 2. The lowest BCUT2D eigenvalue weighted by Gasteiger charge is -2.20. The number of likely N-dealkylation sites (tertiary alicyclic amines) is 1. The normalized spacial score (nSPS) is 23.5. The van der Waals surface area contributed by atoms with Crippen LogP contribution in [0.25, 0.3) is 0 Å². The van der Waals surface area contributed by atoms with Gasteiger partial charge in [-0.2, -0.15) is 0 Å². The third-order valence-electron chi connectivity index (χ3n) is 5.84. The first-order chi connectivity index (χ1) is 12.2. The Balaban J connectivity index is 1.82. The molecule has 2 atom stereocenters. The van der Waals surface area contributed by atoms with Gasteiger partial charge < -0.3 is 10.2 Å². The third kappa shape index (κ3) is 3.42. The number of nitrogens with one attached hydrogen (secondary N) is 1. The molecule has 1 saturated carbocycles. The molecule has 0 unspecified atom stereocenters. The van der Waals surface area contributed by atoms with Gasteiger partial charge in [-0.3, -0.25) is 9.59 Å². The van der Waals surface area contributed by atoms with Crippen LogP contribution in [0.2, 0.25) is 0 Å². The van der Waals surface area contributed by atoms with E-state index in [9.17, 15) is 9.59 Å². The van der Waals surface area contributed by atoms with Crippen LogP contribution in [0.15, 0.2) is 29.8 Å². The number of benzene rings is 1. The first-order valence-electron chi connectivity index (χ1n) is 9.58. The van der Waals surface area contributed by atoms with E-state index in [2.05, 4.69) is 39.1 Å². The average molecular weight is 354 g/mol. The molecule has 3 rings (SSSR count). The van der Waals surface area contributed by atoms with Gasteiger partial charge in [0.05, 0.1) is 17.2 Å². The number of allylic oxidation sites excluding steroid dienone is 2. The molecule has 4 heteroatoms. The van der Waals surface area contributed by atoms with E-state index >= 15 is 0 Å². The molecule has 140 valence electrons. The van der Waals surface area contributed by atoms with Crippen LogP contribution in [0.3, 0.4) is 0 Å². The fraction of sp³-hybridized carbons (Fsp3) is 0.545. The molecule has 0 spiro atoms. The third-order valence-corrected chi connectivity index (χ3v) is 5.84. The summed E-state index contributed by atoms with van der Waals surface area (Å²) in [4.78, 5) is 27.8. The Bertz CT molecular complexity index is 753. The maximum Gasteiger partial charge on any atom is 0.256 e. The summed E-state index contributed by atoms with van der Waals surface area (Å²) in [5, 5.41) is 3.06. The van der Waals surface area contributed by atoms with Crippen LogP contribution in [-0.2, 0) is 4.79 Å². The maximum atomic E-state index is 13.0. The van der Waals surface area contributed by atoms with Gasteiger partial charge in [-0.1, -0.05) is 37.6 Å². The van der Waals surface area contributed by atoms with Gasteiger partial charge in [0.15, 0.2) is 0 Å². The van der Waals surface area contributed by atoms with Crippen LogP contribution in [0.1, 0.15) is 56.5 Å². The highest BCUT2D eigenvalue weighted by molar-refractivity contribution is 6.06. The zero-order chi connectivity index (χ0) is 19.1.